The van der Waals surface area contributed by atoms with Gasteiger partial charge in [-0.25, -0.2) is 0 Å². The van der Waals surface area contributed by atoms with Crippen molar-refractivity contribution in [2.45, 2.75) is 24.6 Å². The van der Waals surface area contributed by atoms with E-state index >= 15 is 0 Å². The van der Waals surface area contributed by atoms with E-state index in [0.717, 1.165) is 0 Å². The number of aliphatic hydroxyl groups excluding tert-OH is 5. The zero-order valence-corrected chi connectivity index (χ0v) is 12.9. The van der Waals surface area contributed by atoms with Crippen molar-refractivity contribution in [3.05, 3.63) is 24.3 Å². The third-order valence-corrected chi connectivity index (χ3v) is 4.04. The molecule has 9 heteroatoms. The highest BCUT2D eigenvalue weighted by Crippen LogP contribution is 2.35. The van der Waals surface area contributed by atoms with Crippen LogP contribution in [0.25, 0.3) is 0 Å². The molecule has 1 aromatic carbocycles. The monoisotopic (exact) mass is 344 g/mol. The van der Waals surface area contributed by atoms with Gasteiger partial charge >= 0.3 is 0 Å². The second kappa shape index (κ2) is 7.39. The lowest BCUT2D eigenvalue weighted by molar-refractivity contribution is -0.127. The number of ether oxygens (including phenoxy) is 1. The fourth-order valence-electron chi connectivity index (χ4n) is 2.70. The van der Waals surface area contributed by atoms with Crippen molar-refractivity contribution in [3.8, 4) is 5.75 Å². The summed E-state index contributed by atoms with van der Waals surface area (Å²) >= 11 is 4.71. The summed E-state index contributed by atoms with van der Waals surface area (Å²) in [5.41, 5.74) is 5.98. The Morgan fingerprint density at radius 3 is 2.26 bits per heavy atom. The molecule has 0 saturated heterocycles. The molecule has 1 aliphatic carbocycles. The van der Waals surface area contributed by atoms with E-state index < -0.39 is 43.0 Å². The van der Waals surface area contributed by atoms with Gasteiger partial charge in [-0.3, -0.25) is 0 Å². The Labute approximate surface area is 138 Å². The molecule has 8 nitrogen and oxygen atoms in total. The van der Waals surface area contributed by atoms with Gasteiger partial charge in [-0.15, -0.1) is 0 Å². The molecule has 1 saturated carbocycles. The van der Waals surface area contributed by atoms with Gasteiger partial charge in [-0.1, -0.05) is 0 Å². The number of hydrogen-bond donors (Lipinski definition) is 7. The predicted octanol–water partition coefficient (Wildman–Crippen LogP) is -1.64. The van der Waals surface area contributed by atoms with E-state index in [9.17, 15) is 20.4 Å². The molecule has 1 fully saturated rings. The van der Waals surface area contributed by atoms with Crippen LogP contribution in [0, 0.1) is 11.8 Å². The van der Waals surface area contributed by atoms with E-state index in [1.807, 2.05) is 0 Å². The summed E-state index contributed by atoms with van der Waals surface area (Å²) in [6.45, 7) is -0.512. The van der Waals surface area contributed by atoms with Crippen molar-refractivity contribution < 1.29 is 30.3 Å². The van der Waals surface area contributed by atoms with Crippen LogP contribution in [0.3, 0.4) is 0 Å². The molecule has 0 radical (unpaired) electrons. The van der Waals surface area contributed by atoms with Crippen molar-refractivity contribution in [1.82, 2.24) is 0 Å². The Balaban J connectivity index is 2.04. The van der Waals surface area contributed by atoms with E-state index in [4.69, 9.17) is 27.8 Å². The largest absolute Gasteiger partial charge is 0.465 e. The summed E-state index contributed by atoms with van der Waals surface area (Å²) in [6, 6.07) is 6.32. The predicted molar refractivity (Wildman–Crippen MR) is 85.6 cm³/mol. The highest BCUT2D eigenvalue weighted by Gasteiger charge is 2.52. The van der Waals surface area contributed by atoms with Gasteiger partial charge in [-0.05, 0) is 36.5 Å². The molecule has 2 rings (SSSR count). The second-order valence-electron chi connectivity index (χ2n) is 5.42. The number of anilines is 1. The molecule has 0 aliphatic heterocycles. The van der Waals surface area contributed by atoms with Crippen LogP contribution >= 0.6 is 12.2 Å². The molecule has 128 valence electrons. The van der Waals surface area contributed by atoms with Gasteiger partial charge in [-0.2, -0.15) is 0 Å². The van der Waals surface area contributed by atoms with Crippen molar-refractivity contribution in [1.29, 1.82) is 0 Å². The van der Waals surface area contributed by atoms with E-state index in [1.165, 1.54) is 12.1 Å². The molecule has 1 aromatic rings. The number of aliphatic hydroxyl groups is 5. The molecule has 0 amide bonds. The first-order valence-electron chi connectivity index (χ1n) is 7.01. The third kappa shape index (κ3) is 3.89. The SMILES string of the molecule is NC(=S)Nc1ccc(OC(O)C2C(O)C(O)C(CO)C2O)cc1. The van der Waals surface area contributed by atoms with Crippen LogP contribution in [0.4, 0.5) is 5.69 Å². The Bertz CT molecular complexity index is 543. The summed E-state index contributed by atoms with van der Waals surface area (Å²) < 4.78 is 5.29. The minimum atomic E-state index is -1.56. The first-order valence-corrected chi connectivity index (χ1v) is 7.42. The van der Waals surface area contributed by atoms with Gasteiger partial charge in [0.05, 0.1) is 30.8 Å². The lowest BCUT2D eigenvalue weighted by Crippen LogP contribution is -2.40. The molecule has 23 heavy (non-hydrogen) atoms. The molecule has 6 atom stereocenters. The Morgan fingerprint density at radius 2 is 1.78 bits per heavy atom. The fourth-order valence-corrected chi connectivity index (χ4v) is 2.82. The van der Waals surface area contributed by atoms with E-state index in [2.05, 4.69) is 5.32 Å². The van der Waals surface area contributed by atoms with Crippen LogP contribution in [-0.4, -0.2) is 61.9 Å². The van der Waals surface area contributed by atoms with Crippen LogP contribution in [0.5, 0.6) is 5.75 Å². The topological polar surface area (TPSA) is 148 Å². The molecule has 0 aromatic heterocycles. The van der Waals surface area contributed by atoms with Crippen LogP contribution in [-0.2, 0) is 0 Å². The number of nitrogens with one attached hydrogen (secondary N) is 1. The van der Waals surface area contributed by atoms with Gasteiger partial charge in [0, 0.05) is 11.6 Å². The number of nitrogens with two attached hydrogens (primary N) is 1. The van der Waals surface area contributed by atoms with Crippen LogP contribution in [0.15, 0.2) is 24.3 Å². The average Bonchev–Trinajstić information content (AvgIpc) is 2.70. The average molecular weight is 344 g/mol. The molecule has 0 spiro atoms. The summed E-state index contributed by atoms with van der Waals surface area (Å²) in [5.74, 6) is -1.80. The fraction of sp³-hybridized carbons (Fsp3) is 0.500. The smallest absolute Gasteiger partial charge is 0.205 e. The quantitative estimate of drug-likeness (QED) is 0.247. The summed E-state index contributed by atoms with van der Waals surface area (Å²) in [7, 11) is 0. The maximum atomic E-state index is 10.1. The standard InChI is InChI=1S/C14H20N2O6S/c15-14(23)16-6-1-3-7(4-2-6)22-13(21)9-10(18)8(5-17)11(19)12(9)20/h1-4,8-13,17-21H,5H2,(H3,15,16,23). The van der Waals surface area contributed by atoms with Gasteiger partial charge in [0.15, 0.2) is 5.11 Å². The molecule has 6 unspecified atom stereocenters. The van der Waals surface area contributed by atoms with Crippen molar-refractivity contribution in [2.75, 3.05) is 11.9 Å². The van der Waals surface area contributed by atoms with E-state index in [0.29, 0.717) is 5.69 Å². The van der Waals surface area contributed by atoms with Gasteiger partial charge in [0.2, 0.25) is 6.29 Å². The summed E-state index contributed by atoms with van der Waals surface area (Å²) in [5, 5.41) is 51.8. The van der Waals surface area contributed by atoms with Crippen LogP contribution in [0.2, 0.25) is 0 Å². The van der Waals surface area contributed by atoms with Gasteiger partial charge in [0.25, 0.3) is 0 Å². The lowest BCUT2D eigenvalue weighted by atomic mass is 10.00. The molecular weight excluding hydrogens is 324 g/mol. The maximum absolute atomic E-state index is 10.1. The first-order chi connectivity index (χ1) is 10.8. The second-order valence-corrected chi connectivity index (χ2v) is 5.86. The summed E-state index contributed by atoms with van der Waals surface area (Å²) in [4.78, 5) is 0. The Hall–Kier alpha value is -1.49. The number of rotatable bonds is 5. The number of hydrogen-bond acceptors (Lipinski definition) is 7. The van der Waals surface area contributed by atoms with Gasteiger partial charge < -0.3 is 41.3 Å². The Kier molecular flexibility index (Phi) is 5.74. The third-order valence-electron chi connectivity index (χ3n) is 3.93. The minimum absolute atomic E-state index is 0.111. The highest BCUT2D eigenvalue weighted by atomic mass is 32.1. The Morgan fingerprint density at radius 1 is 1.17 bits per heavy atom. The van der Waals surface area contributed by atoms with Crippen molar-refractivity contribution in [2.24, 2.45) is 17.6 Å². The number of benzene rings is 1. The van der Waals surface area contributed by atoms with Crippen LogP contribution < -0.4 is 15.8 Å². The van der Waals surface area contributed by atoms with Gasteiger partial charge in [0.1, 0.15) is 5.75 Å². The van der Waals surface area contributed by atoms with E-state index in [-0.39, 0.29) is 10.9 Å². The molecule has 0 heterocycles. The molecular formula is C14H20N2O6S. The maximum Gasteiger partial charge on any atom is 0.205 e. The normalized spacial score (nSPS) is 31.6. The minimum Gasteiger partial charge on any atom is -0.465 e. The zero-order chi connectivity index (χ0) is 17.1. The number of thiocarbonyl (C=S) groups is 1. The van der Waals surface area contributed by atoms with Crippen molar-refractivity contribution >= 4 is 23.0 Å². The van der Waals surface area contributed by atoms with Crippen LogP contribution in [0.1, 0.15) is 0 Å². The molecule has 8 N–H and O–H groups in total. The molecule has 1 aliphatic rings. The lowest BCUT2D eigenvalue weighted by Gasteiger charge is -2.25. The van der Waals surface area contributed by atoms with Crippen molar-refractivity contribution in [3.63, 3.8) is 0 Å². The zero-order valence-electron chi connectivity index (χ0n) is 12.1. The first kappa shape index (κ1) is 17.9. The summed E-state index contributed by atoms with van der Waals surface area (Å²) in [6.07, 6.45) is -5.60. The van der Waals surface area contributed by atoms with E-state index in [1.54, 1.807) is 12.1 Å². The molecule has 0 bridgehead atoms. The highest BCUT2D eigenvalue weighted by molar-refractivity contribution is 7.80.